The number of hydrogen-bond donors (Lipinski definition) is 1. The van der Waals surface area contributed by atoms with E-state index in [0.29, 0.717) is 12.4 Å². The lowest BCUT2D eigenvalue weighted by Crippen LogP contribution is -2.23. The van der Waals surface area contributed by atoms with Crippen LogP contribution in [0.3, 0.4) is 0 Å². The van der Waals surface area contributed by atoms with Gasteiger partial charge in [0.1, 0.15) is 24.8 Å². The Morgan fingerprint density at radius 1 is 1.50 bits per heavy atom. The van der Waals surface area contributed by atoms with Crippen LogP contribution in [0.5, 0.6) is 5.75 Å². The maximum atomic E-state index is 13.7. The van der Waals surface area contributed by atoms with E-state index in [1.54, 1.807) is 12.1 Å². The molecule has 0 saturated carbocycles. The van der Waals surface area contributed by atoms with Crippen LogP contribution in [0.15, 0.2) is 18.2 Å². The molecule has 1 unspecified atom stereocenters. The van der Waals surface area contributed by atoms with Crippen molar-refractivity contribution in [2.45, 2.75) is 38.4 Å². The first-order valence-corrected chi connectivity index (χ1v) is 6.70. The third-order valence-corrected chi connectivity index (χ3v) is 3.23. The molecule has 0 radical (unpaired) electrons. The van der Waals surface area contributed by atoms with Crippen LogP contribution < -0.4 is 4.74 Å². The monoisotopic (exact) mass is 278 g/mol. The van der Waals surface area contributed by atoms with Crippen molar-refractivity contribution in [1.29, 1.82) is 0 Å². The summed E-state index contributed by atoms with van der Waals surface area (Å²) < 4.78 is 25.1. The maximum absolute atomic E-state index is 13.7. The van der Waals surface area contributed by atoms with Crippen molar-refractivity contribution in [3.63, 3.8) is 0 Å². The second-order valence-corrected chi connectivity index (χ2v) is 5.45. The van der Waals surface area contributed by atoms with Crippen molar-refractivity contribution in [2.75, 3.05) is 13.2 Å². The molecule has 0 bridgehead atoms. The molecule has 1 saturated heterocycles. The molecule has 108 valence electrons. The van der Waals surface area contributed by atoms with Crippen molar-refractivity contribution in [1.82, 2.24) is 0 Å². The first-order valence-electron chi connectivity index (χ1n) is 6.70. The van der Waals surface area contributed by atoms with Crippen LogP contribution in [-0.4, -0.2) is 30.0 Å². The van der Waals surface area contributed by atoms with Crippen LogP contribution in [0.1, 0.15) is 32.3 Å². The van der Waals surface area contributed by atoms with Crippen LogP contribution in [0.25, 0.3) is 0 Å². The van der Waals surface area contributed by atoms with Crippen molar-refractivity contribution in [2.24, 2.45) is 0 Å². The van der Waals surface area contributed by atoms with Gasteiger partial charge in [0, 0.05) is 6.07 Å². The Bertz CT molecular complexity index is 528. The highest BCUT2D eigenvalue weighted by molar-refractivity contribution is 5.39. The molecule has 20 heavy (non-hydrogen) atoms. The van der Waals surface area contributed by atoms with E-state index in [1.807, 2.05) is 0 Å². The molecule has 0 spiro atoms. The number of ether oxygens (including phenoxy) is 2. The summed E-state index contributed by atoms with van der Waals surface area (Å²) in [6, 6.07) is 4.53. The van der Waals surface area contributed by atoms with Crippen LogP contribution in [0, 0.1) is 17.7 Å². The molecule has 1 heterocycles. The molecule has 0 aromatic heterocycles. The summed E-state index contributed by atoms with van der Waals surface area (Å²) in [5.41, 5.74) is 0.160. The summed E-state index contributed by atoms with van der Waals surface area (Å²) >= 11 is 0. The van der Waals surface area contributed by atoms with Crippen molar-refractivity contribution in [3.8, 4) is 17.6 Å². The average Bonchev–Trinajstić information content (AvgIpc) is 2.75. The van der Waals surface area contributed by atoms with Gasteiger partial charge in [0.15, 0.2) is 0 Å². The molecule has 4 heteroatoms. The van der Waals surface area contributed by atoms with Gasteiger partial charge in [0.2, 0.25) is 0 Å². The fraction of sp³-hybridized carbons (Fsp3) is 0.500. The van der Waals surface area contributed by atoms with Gasteiger partial charge >= 0.3 is 0 Å². The summed E-state index contributed by atoms with van der Waals surface area (Å²) in [4.78, 5) is 0. The van der Waals surface area contributed by atoms with Gasteiger partial charge in [-0.3, -0.25) is 0 Å². The number of halogens is 1. The minimum Gasteiger partial charge on any atom is -0.491 e. The Morgan fingerprint density at radius 3 is 2.90 bits per heavy atom. The van der Waals surface area contributed by atoms with Gasteiger partial charge in [-0.05, 0) is 38.8 Å². The van der Waals surface area contributed by atoms with Gasteiger partial charge in [0.05, 0.1) is 17.3 Å². The predicted octanol–water partition coefficient (Wildman–Crippen LogP) is 2.51. The summed E-state index contributed by atoms with van der Waals surface area (Å²) in [5, 5.41) is 8.59. The van der Waals surface area contributed by atoms with Crippen LogP contribution in [-0.2, 0) is 4.74 Å². The number of aliphatic hydroxyl groups excluding tert-OH is 1. The minimum atomic E-state index is -0.448. The average molecular weight is 278 g/mol. The second kappa shape index (κ2) is 6.25. The number of hydrogen-bond acceptors (Lipinski definition) is 3. The van der Waals surface area contributed by atoms with Crippen LogP contribution >= 0.6 is 0 Å². The zero-order valence-electron chi connectivity index (χ0n) is 11.8. The van der Waals surface area contributed by atoms with Gasteiger partial charge in [-0.15, -0.1) is 0 Å². The molecule has 1 aliphatic rings. The third-order valence-electron chi connectivity index (χ3n) is 3.23. The fourth-order valence-electron chi connectivity index (χ4n) is 2.21. The van der Waals surface area contributed by atoms with E-state index in [-0.39, 0.29) is 23.9 Å². The van der Waals surface area contributed by atoms with E-state index in [1.165, 1.54) is 6.07 Å². The SMILES string of the molecule is CC1(C)CCC(COc2ccc(C#CCO)c(F)c2)O1. The molecular formula is C16H19FO3. The standard InChI is InChI=1S/C16H19FO3/c1-16(2)8-7-14(20-16)11-19-13-6-5-12(4-3-9-18)15(17)10-13/h5-6,10,14,18H,7-9,11H2,1-2H3. The lowest BCUT2D eigenvalue weighted by atomic mass is 10.1. The summed E-state index contributed by atoms with van der Waals surface area (Å²) in [6.45, 7) is 4.25. The highest BCUT2D eigenvalue weighted by Gasteiger charge is 2.31. The first-order chi connectivity index (χ1) is 9.50. The lowest BCUT2D eigenvalue weighted by Gasteiger charge is -2.19. The van der Waals surface area contributed by atoms with E-state index in [4.69, 9.17) is 14.6 Å². The number of benzene rings is 1. The Balaban J connectivity index is 1.92. The third kappa shape index (κ3) is 3.96. The summed E-state index contributed by atoms with van der Waals surface area (Å²) in [5.74, 6) is 4.97. The van der Waals surface area contributed by atoms with Gasteiger partial charge in [-0.2, -0.15) is 0 Å². The summed E-state index contributed by atoms with van der Waals surface area (Å²) in [7, 11) is 0. The largest absolute Gasteiger partial charge is 0.491 e. The fourth-order valence-corrected chi connectivity index (χ4v) is 2.21. The van der Waals surface area contributed by atoms with Crippen molar-refractivity contribution in [3.05, 3.63) is 29.6 Å². The molecule has 3 nitrogen and oxygen atoms in total. The molecule has 1 fully saturated rings. The second-order valence-electron chi connectivity index (χ2n) is 5.45. The smallest absolute Gasteiger partial charge is 0.142 e. The summed E-state index contributed by atoms with van der Waals surface area (Å²) in [6.07, 6.45) is 2.02. The van der Waals surface area contributed by atoms with Crippen molar-refractivity contribution < 1.29 is 19.0 Å². The van der Waals surface area contributed by atoms with E-state index < -0.39 is 5.82 Å². The maximum Gasteiger partial charge on any atom is 0.142 e. The Kier molecular flexibility index (Phi) is 4.64. The van der Waals surface area contributed by atoms with Gasteiger partial charge < -0.3 is 14.6 Å². The van der Waals surface area contributed by atoms with E-state index in [2.05, 4.69) is 25.7 Å². The van der Waals surface area contributed by atoms with Gasteiger partial charge in [-0.25, -0.2) is 4.39 Å². The topological polar surface area (TPSA) is 38.7 Å². The molecular weight excluding hydrogens is 259 g/mol. The predicted molar refractivity (Wildman–Crippen MR) is 74.0 cm³/mol. The quantitative estimate of drug-likeness (QED) is 0.863. The highest BCUT2D eigenvalue weighted by atomic mass is 19.1. The zero-order valence-corrected chi connectivity index (χ0v) is 11.8. The Labute approximate surface area is 118 Å². The van der Waals surface area contributed by atoms with Crippen LogP contribution in [0.2, 0.25) is 0 Å². The molecule has 0 amide bonds. The Morgan fingerprint density at radius 2 is 2.30 bits per heavy atom. The van der Waals surface area contributed by atoms with Gasteiger partial charge in [0.25, 0.3) is 0 Å². The Hall–Kier alpha value is -1.57. The molecule has 1 N–H and O–H groups in total. The minimum absolute atomic E-state index is 0.0573. The van der Waals surface area contributed by atoms with Crippen LogP contribution in [0.4, 0.5) is 4.39 Å². The van der Waals surface area contributed by atoms with E-state index in [9.17, 15) is 4.39 Å². The van der Waals surface area contributed by atoms with E-state index in [0.717, 1.165) is 12.8 Å². The number of aliphatic hydroxyl groups is 1. The molecule has 1 aliphatic heterocycles. The number of rotatable bonds is 3. The molecule has 0 aliphatic carbocycles. The normalized spacial score (nSPS) is 20.3. The van der Waals surface area contributed by atoms with Crippen molar-refractivity contribution >= 4 is 0 Å². The zero-order chi connectivity index (χ0) is 14.6. The van der Waals surface area contributed by atoms with E-state index >= 15 is 0 Å². The molecule has 1 atom stereocenters. The first kappa shape index (κ1) is 14.8. The van der Waals surface area contributed by atoms with Gasteiger partial charge in [-0.1, -0.05) is 11.8 Å². The lowest BCUT2D eigenvalue weighted by molar-refractivity contribution is -0.0326. The molecule has 2 rings (SSSR count). The molecule has 1 aromatic rings. The highest BCUT2D eigenvalue weighted by Crippen LogP contribution is 2.29. The molecule has 1 aromatic carbocycles.